The van der Waals surface area contributed by atoms with E-state index in [0.29, 0.717) is 11.8 Å². The Bertz CT molecular complexity index is 514. The molecule has 0 aliphatic carbocycles. The molecule has 2 atom stereocenters. The Kier molecular flexibility index (Phi) is 3.97. The van der Waals surface area contributed by atoms with Gasteiger partial charge in [-0.15, -0.1) is 0 Å². The third kappa shape index (κ3) is 2.70. The van der Waals surface area contributed by atoms with E-state index in [9.17, 15) is 0 Å². The van der Waals surface area contributed by atoms with E-state index in [2.05, 4.69) is 37.9 Å². The lowest BCUT2D eigenvalue weighted by Crippen LogP contribution is -2.20. The van der Waals surface area contributed by atoms with Crippen molar-refractivity contribution in [3.63, 3.8) is 0 Å². The predicted octanol–water partition coefficient (Wildman–Crippen LogP) is 3.92. The molecule has 2 rings (SSSR count). The minimum absolute atomic E-state index is 0.0836. The lowest BCUT2D eigenvalue weighted by molar-refractivity contribution is 0.380. The average Bonchev–Trinajstić information content (AvgIpc) is 2.36. The van der Waals surface area contributed by atoms with Gasteiger partial charge in [-0.25, -0.2) is 0 Å². The molecule has 2 aromatic rings. The Labute approximate surface area is 109 Å². The number of benzene rings is 1. The Morgan fingerprint density at radius 2 is 1.83 bits per heavy atom. The largest absolute Gasteiger partial charge is 0.324 e. The highest BCUT2D eigenvalue weighted by molar-refractivity contribution is 5.82. The molecule has 0 fully saturated rings. The summed E-state index contributed by atoms with van der Waals surface area (Å²) in [6.45, 7) is 6.72. The molecule has 96 valence electrons. The van der Waals surface area contributed by atoms with Crippen molar-refractivity contribution in [2.45, 2.75) is 33.2 Å². The second-order valence-corrected chi connectivity index (χ2v) is 5.55. The summed E-state index contributed by atoms with van der Waals surface area (Å²) in [5.74, 6) is 1.16. The van der Waals surface area contributed by atoms with Crippen LogP contribution < -0.4 is 5.73 Å². The molecule has 2 heteroatoms. The Morgan fingerprint density at radius 3 is 2.56 bits per heavy atom. The van der Waals surface area contributed by atoms with Crippen LogP contribution in [0.2, 0.25) is 0 Å². The second kappa shape index (κ2) is 5.49. The molecule has 2 nitrogen and oxygen atoms in total. The van der Waals surface area contributed by atoms with Gasteiger partial charge in [-0.2, -0.15) is 0 Å². The minimum Gasteiger partial charge on any atom is -0.324 e. The molecule has 0 saturated carbocycles. The van der Waals surface area contributed by atoms with Crippen molar-refractivity contribution in [3.05, 3.63) is 42.1 Å². The highest BCUT2D eigenvalue weighted by atomic mass is 14.7. The zero-order valence-electron chi connectivity index (χ0n) is 11.4. The van der Waals surface area contributed by atoms with Crippen LogP contribution in [0.3, 0.4) is 0 Å². The predicted molar refractivity (Wildman–Crippen MR) is 77.3 cm³/mol. The van der Waals surface area contributed by atoms with E-state index in [1.165, 1.54) is 10.9 Å². The SMILES string of the molecule is CC(C)CC(C)C(N)c1ccnc2ccccc12. The molecule has 0 amide bonds. The van der Waals surface area contributed by atoms with E-state index in [1.54, 1.807) is 0 Å². The van der Waals surface area contributed by atoms with E-state index < -0.39 is 0 Å². The number of aromatic nitrogens is 1. The highest BCUT2D eigenvalue weighted by Gasteiger charge is 2.18. The maximum atomic E-state index is 6.43. The zero-order chi connectivity index (χ0) is 13.1. The fourth-order valence-corrected chi connectivity index (χ4v) is 2.61. The molecule has 1 aromatic carbocycles. The lowest BCUT2D eigenvalue weighted by Gasteiger charge is -2.23. The van der Waals surface area contributed by atoms with Crippen LogP contribution in [-0.2, 0) is 0 Å². The maximum absolute atomic E-state index is 6.43. The molecule has 0 aliphatic heterocycles. The normalized spacial score (nSPS) is 14.9. The quantitative estimate of drug-likeness (QED) is 0.882. The van der Waals surface area contributed by atoms with Crippen LogP contribution in [0, 0.1) is 11.8 Å². The number of rotatable bonds is 4. The number of para-hydroxylation sites is 1. The number of pyridine rings is 1. The highest BCUT2D eigenvalue weighted by Crippen LogP contribution is 2.29. The van der Waals surface area contributed by atoms with Crippen molar-refractivity contribution in [3.8, 4) is 0 Å². The Morgan fingerprint density at radius 1 is 1.11 bits per heavy atom. The van der Waals surface area contributed by atoms with Crippen molar-refractivity contribution in [2.24, 2.45) is 17.6 Å². The first kappa shape index (κ1) is 13.0. The first-order chi connectivity index (χ1) is 8.59. The summed E-state index contributed by atoms with van der Waals surface area (Å²) in [5, 5.41) is 1.18. The van der Waals surface area contributed by atoms with Gasteiger partial charge in [-0.05, 0) is 36.0 Å². The number of fused-ring (bicyclic) bond motifs is 1. The van der Waals surface area contributed by atoms with E-state index in [0.717, 1.165) is 11.9 Å². The van der Waals surface area contributed by atoms with E-state index in [1.807, 2.05) is 24.4 Å². The van der Waals surface area contributed by atoms with Gasteiger partial charge in [0, 0.05) is 17.6 Å². The molecule has 0 saturated heterocycles. The van der Waals surface area contributed by atoms with Crippen LogP contribution in [-0.4, -0.2) is 4.98 Å². The fraction of sp³-hybridized carbons (Fsp3) is 0.438. The van der Waals surface area contributed by atoms with Gasteiger partial charge >= 0.3 is 0 Å². The molecular formula is C16H22N2. The maximum Gasteiger partial charge on any atom is 0.0705 e. The van der Waals surface area contributed by atoms with Gasteiger partial charge in [-0.3, -0.25) is 4.98 Å². The third-order valence-corrected chi connectivity index (χ3v) is 3.50. The third-order valence-electron chi connectivity index (χ3n) is 3.50. The fourth-order valence-electron chi connectivity index (χ4n) is 2.61. The number of hydrogen-bond acceptors (Lipinski definition) is 2. The summed E-state index contributed by atoms with van der Waals surface area (Å²) in [4.78, 5) is 4.39. The Hall–Kier alpha value is -1.41. The summed E-state index contributed by atoms with van der Waals surface area (Å²) in [6, 6.07) is 10.4. The standard InChI is InChI=1S/C16H22N2/c1-11(2)10-12(3)16(17)14-8-9-18-15-7-5-4-6-13(14)15/h4-9,11-12,16H,10,17H2,1-3H3. The van der Waals surface area contributed by atoms with Crippen molar-refractivity contribution < 1.29 is 0 Å². The molecule has 0 aliphatic rings. The molecule has 0 bridgehead atoms. The van der Waals surface area contributed by atoms with Crippen molar-refractivity contribution in [2.75, 3.05) is 0 Å². The summed E-state index contributed by atoms with van der Waals surface area (Å²) in [5.41, 5.74) is 8.67. The van der Waals surface area contributed by atoms with Crippen LogP contribution in [0.1, 0.15) is 38.8 Å². The zero-order valence-corrected chi connectivity index (χ0v) is 11.4. The van der Waals surface area contributed by atoms with Gasteiger partial charge in [0.2, 0.25) is 0 Å². The molecule has 18 heavy (non-hydrogen) atoms. The summed E-state index contributed by atoms with van der Waals surface area (Å²) < 4.78 is 0. The van der Waals surface area contributed by atoms with E-state index in [4.69, 9.17) is 5.73 Å². The summed E-state index contributed by atoms with van der Waals surface area (Å²) >= 11 is 0. The van der Waals surface area contributed by atoms with Gasteiger partial charge in [0.05, 0.1) is 5.52 Å². The topological polar surface area (TPSA) is 38.9 Å². The first-order valence-corrected chi connectivity index (χ1v) is 6.69. The first-order valence-electron chi connectivity index (χ1n) is 6.69. The summed E-state index contributed by atoms with van der Waals surface area (Å²) in [6.07, 6.45) is 3.01. The van der Waals surface area contributed by atoms with Crippen molar-refractivity contribution in [1.82, 2.24) is 4.98 Å². The van der Waals surface area contributed by atoms with Gasteiger partial charge in [0.15, 0.2) is 0 Å². The van der Waals surface area contributed by atoms with Crippen LogP contribution in [0.15, 0.2) is 36.5 Å². The van der Waals surface area contributed by atoms with Crippen molar-refractivity contribution in [1.29, 1.82) is 0 Å². The molecule has 0 radical (unpaired) electrons. The number of nitrogens with two attached hydrogens (primary N) is 1. The lowest BCUT2D eigenvalue weighted by atomic mass is 9.87. The van der Waals surface area contributed by atoms with E-state index >= 15 is 0 Å². The smallest absolute Gasteiger partial charge is 0.0705 e. The van der Waals surface area contributed by atoms with Crippen molar-refractivity contribution >= 4 is 10.9 Å². The minimum atomic E-state index is 0.0836. The Balaban J connectivity index is 2.35. The van der Waals surface area contributed by atoms with Gasteiger partial charge in [-0.1, -0.05) is 39.0 Å². The molecule has 0 spiro atoms. The molecule has 2 unspecified atom stereocenters. The van der Waals surface area contributed by atoms with Crippen LogP contribution in [0.5, 0.6) is 0 Å². The van der Waals surface area contributed by atoms with Crippen LogP contribution in [0.4, 0.5) is 0 Å². The van der Waals surface area contributed by atoms with Gasteiger partial charge in [0.25, 0.3) is 0 Å². The molecular weight excluding hydrogens is 220 g/mol. The monoisotopic (exact) mass is 242 g/mol. The second-order valence-electron chi connectivity index (χ2n) is 5.55. The van der Waals surface area contributed by atoms with Gasteiger partial charge in [0.1, 0.15) is 0 Å². The molecule has 1 heterocycles. The van der Waals surface area contributed by atoms with E-state index in [-0.39, 0.29) is 6.04 Å². The number of hydrogen-bond donors (Lipinski definition) is 1. The molecule has 1 aromatic heterocycles. The number of nitrogens with zero attached hydrogens (tertiary/aromatic N) is 1. The average molecular weight is 242 g/mol. The van der Waals surface area contributed by atoms with Crippen LogP contribution in [0.25, 0.3) is 10.9 Å². The van der Waals surface area contributed by atoms with Gasteiger partial charge < -0.3 is 5.73 Å². The van der Waals surface area contributed by atoms with Crippen LogP contribution >= 0.6 is 0 Å². The summed E-state index contributed by atoms with van der Waals surface area (Å²) in [7, 11) is 0. The molecule has 2 N–H and O–H groups in total.